The molecule has 0 spiro atoms. The van der Waals surface area contributed by atoms with Gasteiger partial charge in [0, 0.05) is 35.1 Å². The Kier molecular flexibility index (Phi) is 6.23. The van der Waals surface area contributed by atoms with Gasteiger partial charge >= 0.3 is 0 Å². The minimum absolute atomic E-state index is 0.104. The molecule has 1 aromatic heterocycles. The van der Waals surface area contributed by atoms with Crippen LogP contribution in [0.15, 0.2) is 53.6 Å². The standard InChI is InChI=1S/C24H28N2O3S/c1-16(30-20-7-4-18(28-2)5-8-20)24(27)26-12-10-17(11-13-26)22-15-25-23-9-6-19(29-3)14-21(22)23/h4-9,14-17,25H,10-13H2,1-3H3. The van der Waals surface area contributed by atoms with Gasteiger partial charge in [-0.2, -0.15) is 0 Å². The molecule has 0 radical (unpaired) electrons. The molecule has 158 valence electrons. The van der Waals surface area contributed by atoms with E-state index in [-0.39, 0.29) is 11.2 Å². The number of rotatable bonds is 6. The van der Waals surface area contributed by atoms with Crippen molar-refractivity contribution in [2.45, 2.75) is 35.8 Å². The lowest BCUT2D eigenvalue weighted by Crippen LogP contribution is -2.41. The average molecular weight is 425 g/mol. The number of ether oxygens (including phenoxy) is 2. The molecule has 1 atom stereocenters. The number of piperidine rings is 1. The van der Waals surface area contributed by atoms with E-state index >= 15 is 0 Å². The van der Waals surface area contributed by atoms with E-state index in [9.17, 15) is 4.79 Å². The molecule has 1 aliphatic rings. The first-order valence-corrected chi connectivity index (χ1v) is 11.2. The number of H-pyrrole nitrogens is 1. The van der Waals surface area contributed by atoms with E-state index in [2.05, 4.69) is 23.3 Å². The first-order valence-electron chi connectivity index (χ1n) is 10.3. The maximum absolute atomic E-state index is 13.0. The second-order valence-corrected chi connectivity index (χ2v) is 9.10. The van der Waals surface area contributed by atoms with Gasteiger partial charge in [0.05, 0.1) is 19.5 Å². The van der Waals surface area contributed by atoms with E-state index in [1.165, 1.54) is 10.9 Å². The van der Waals surface area contributed by atoms with Gasteiger partial charge < -0.3 is 19.4 Å². The lowest BCUT2D eigenvalue weighted by atomic mass is 9.89. The van der Waals surface area contributed by atoms with Crippen molar-refractivity contribution in [2.75, 3.05) is 27.3 Å². The van der Waals surface area contributed by atoms with Gasteiger partial charge in [0.2, 0.25) is 5.91 Å². The van der Waals surface area contributed by atoms with E-state index in [1.54, 1.807) is 26.0 Å². The number of thioether (sulfide) groups is 1. The molecule has 2 heterocycles. The van der Waals surface area contributed by atoms with Crippen LogP contribution < -0.4 is 9.47 Å². The molecule has 1 saturated heterocycles. The molecule has 1 amide bonds. The summed E-state index contributed by atoms with van der Waals surface area (Å²) in [7, 11) is 3.35. The Morgan fingerprint density at radius 1 is 1.07 bits per heavy atom. The second kappa shape index (κ2) is 9.04. The highest BCUT2D eigenvalue weighted by atomic mass is 32.2. The largest absolute Gasteiger partial charge is 0.497 e. The zero-order valence-corrected chi connectivity index (χ0v) is 18.5. The highest BCUT2D eigenvalue weighted by Gasteiger charge is 2.28. The van der Waals surface area contributed by atoms with Crippen molar-refractivity contribution in [1.29, 1.82) is 0 Å². The number of carbonyl (C=O) groups is 1. The third-order valence-electron chi connectivity index (χ3n) is 5.89. The summed E-state index contributed by atoms with van der Waals surface area (Å²) in [6.07, 6.45) is 4.08. The minimum Gasteiger partial charge on any atom is -0.497 e. The van der Waals surface area contributed by atoms with Gasteiger partial charge in [0.25, 0.3) is 0 Å². The van der Waals surface area contributed by atoms with Gasteiger partial charge in [-0.1, -0.05) is 0 Å². The molecular weight excluding hydrogens is 396 g/mol. The number of aromatic nitrogens is 1. The Hall–Kier alpha value is -2.60. The molecule has 1 N–H and O–H groups in total. The Morgan fingerprint density at radius 3 is 2.40 bits per heavy atom. The van der Waals surface area contributed by atoms with Crippen LogP contribution in [0.5, 0.6) is 11.5 Å². The summed E-state index contributed by atoms with van der Waals surface area (Å²) in [6, 6.07) is 14.0. The number of likely N-dealkylation sites (tertiary alicyclic amines) is 1. The van der Waals surface area contributed by atoms with Gasteiger partial charge in [-0.3, -0.25) is 4.79 Å². The van der Waals surface area contributed by atoms with Gasteiger partial charge in [-0.15, -0.1) is 11.8 Å². The Balaban J connectivity index is 1.37. The molecule has 4 rings (SSSR count). The zero-order chi connectivity index (χ0) is 21.1. The van der Waals surface area contributed by atoms with Crippen molar-refractivity contribution in [3.63, 3.8) is 0 Å². The van der Waals surface area contributed by atoms with Gasteiger partial charge in [0.1, 0.15) is 11.5 Å². The number of hydrogen-bond donors (Lipinski definition) is 1. The monoisotopic (exact) mass is 424 g/mol. The van der Waals surface area contributed by atoms with Gasteiger partial charge in [-0.25, -0.2) is 0 Å². The quantitative estimate of drug-likeness (QED) is 0.561. The van der Waals surface area contributed by atoms with Gasteiger partial charge in [-0.05, 0) is 73.7 Å². The van der Waals surface area contributed by atoms with Crippen molar-refractivity contribution in [2.24, 2.45) is 0 Å². The van der Waals surface area contributed by atoms with Crippen molar-refractivity contribution in [1.82, 2.24) is 9.88 Å². The minimum atomic E-state index is -0.104. The third kappa shape index (κ3) is 4.29. The molecule has 2 aromatic carbocycles. The Labute approximate surface area is 181 Å². The Bertz CT molecular complexity index is 1010. The van der Waals surface area contributed by atoms with Crippen LogP contribution in [0.3, 0.4) is 0 Å². The zero-order valence-electron chi connectivity index (χ0n) is 17.7. The fourth-order valence-corrected chi connectivity index (χ4v) is 5.11. The maximum atomic E-state index is 13.0. The molecule has 0 saturated carbocycles. The SMILES string of the molecule is COc1ccc(SC(C)C(=O)N2CCC(c3c[nH]c4ccc(OC)cc34)CC2)cc1. The van der Waals surface area contributed by atoms with Crippen LogP contribution in [0.25, 0.3) is 10.9 Å². The summed E-state index contributed by atoms with van der Waals surface area (Å²) < 4.78 is 10.6. The molecule has 30 heavy (non-hydrogen) atoms. The Morgan fingerprint density at radius 2 is 1.73 bits per heavy atom. The summed E-state index contributed by atoms with van der Waals surface area (Å²) in [5.41, 5.74) is 2.46. The predicted molar refractivity (Wildman–Crippen MR) is 122 cm³/mol. The first kappa shape index (κ1) is 20.7. The molecular formula is C24H28N2O3S. The topological polar surface area (TPSA) is 54.6 Å². The fraction of sp³-hybridized carbons (Fsp3) is 0.375. The number of methoxy groups -OCH3 is 2. The molecule has 5 nitrogen and oxygen atoms in total. The van der Waals surface area contributed by atoms with Crippen LogP contribution in [-0.2, 0) is 4.79 Å². The van der Waals surface area contributed by atoms with Crippen LogP contribution in [0.1, 0.15) is 31.2 Å². The summed E-state index contributed by atoms with van der Waals surface area (Å²) in [4.78, 5) is 19.5. The van der Waals surface area contributed by atoms with Crippen molar-refractivity contribution in [3.8, 4) is 11.5 Å². The molecule has 0 bridgehead atoms. The summed E-state index contributed by atoms with van der Waals surface area (Å²) in [5.74, 6) is 2.38. The van der Waals surface area contributed by atoms with Crippen molar-refractivity contribution < 1.29 is 14.3 Å². The van der Waals surface area contributed by atoms with E-state index in [0.29, 0.717) is 5.92 Å². The third-order valence-corrected chi connectivity index (χ3v) is 6.99. The van der Waals surface area contributed by atoms with Crippen LogP contribution in [0.2, 0.25) is 0 Å². The summed E-state index contributed by atoms with van der Waals surface area (Å²) in [5, 5.41) is 1.12. The van der Waals surface area contributed by atoms with Crippen molar-refractivity contribution >= 4 is 28.6 Å². The lowest BCUT2D eigenvalue weighted by molar-refractivity contribution is -0.131. The highest BCUT2D eigenvalue weighted by Crippen LogP contribution is 2.35. The number of carbonyl (C=O) groups excluding carboxylic acids is 1. The number of nitrogens with one attached hydrogen (secondary N) is 1. The summed E-state index contributed by atoms with van der Waals surface area (Å²) >= 11 is 1.60. The highest BCUT2D eigenvalue weighted by molar-refractivity contribution is 8.00. The molecule has 6 heteroatoms. The van der Waals surface area contributed by atoms with E-state index in [0.717, 1.165) is 47.8 Å². The molecule has 1 fully saturated rings. The predicted octanol–water partition coefficient (Wildman–Crippen LogP) is 5.07. The number of nitrogens with zero attached hydrogens (tertiary/aromatic N) is 1. The first-order chi connectivity index (χ1) is 14.6. The van der Waals surface area contributed by atoms with E-state index < -0.39 is 0 Å². The lowest BCUT2D eigenvalue weighted by Gasteiger charge is -2.33. The number of fused-ring (bicyclic) bond motifs is 1. The number of hydrogen-bond acceptors (Lipinski definition) is 4. The second-order valence-electron chi connectivity index (χ2n) is 7.69. The van der Waals surface area contributed by atoms with Crippen LogP contribution in [-0.4, -0.2) is 48.4 Å². The number of benzene rings is 2. The van der Waals surface area contributed by atoms with E-state index in [4.69, 9.17) is 9.47 Å². The van der Waals surface area contributed by atoms with Crippen molar-refractivity contribution in [3.05, 3.63) is 54.2 Å². The maximum Gasteiger partial charge on any atom is 0.235 e. The van der Waals surface area contributed by atoms with Crippen LogP contribution >= 0.6 is 11.8 Å². The molecule has 3 aromatic rings. The number of amides is 1. The summed E-state index contributed by atoms with van der Waals surface area (Å²) in [6.45, 7) is 3.59. The van der Waals surface area contributed by atoms with Crippen LogP contribution in [0, 0.1) is 0 Å². The van der Waals surface area contributed by atoms with Crippen LogP contribution in [0.4, 0.5) is 0 Å². The molecule has 1 unspecified atom stereocenters. The molecule has 1 aliphatic heterocycles. The number of aromatic amines is 1. The van der Waals surface area contributed by atoms with Gasteiger partial charge in [0.15, 0.2) is 0 Å². The smallest absolute Gasteiger partial charge is 0.235 e. The fourth-order valence-electron chi connectivity index (χ4n) is 4.16. The molecule has 0 aliphatic carbocycles. The average Bonchev–Trinajstić information content (AvgIpc) is 3.22. The van der Waals surface area contributed by atoms with E-state index in [1.807, 2.05) is 42.2 Å². The normalized spacial score (nSPS) is 15.9.